The van der Waals surface area contributed by atoms with Crippen molar-refractivity contribution in [1.29, 1.82) is 0 Å². The molecule has 0 saturated heterocycles. The van der Waals surface area contributed by atoms with Crippen molar-refractivity contribution in [3.05, 3.63) is 0 Å². The maximum absolute atomic E-state index is 8.52. The molecule has 0 aliphatic rings. The van der Waals surface area contributed by atoms with Crippen LogP contribution in [0.2, 0.25) is 0 Å². The van der Waals surface area contributed by atoms with Crippen molar-refractivity contribution in [2.24, 2.45) is 0 Å². The van der Waals surface area contributed by atoms with Gasteiger partial charge in [0.2, 0.25) is 0 Å². The van der Waals surface area contributed by atoms with Gasteiger partial charge in [0.05, 0.1) is 0 Å². The van der Waals surface area contributed by atoms with Gasteiger partial charge in [-0.3, -0.25) is 8.42 Å². The first kappa shape index (κ1) is 19.1. The van der Waals surface area contributed by atoms with Gasteiger partial charge in [0.15, 0.2) is 0 Å². The van der Waals surface area contributed by atoms with Crippen LogP contribution in [0.15, 0.2) is 0 Å². The summed E-state index contributed by atoms with van der Waals surface area (Å²) < 4.78 is 34.1. The summed E-state index contributed by atoms with van der Waals surface area (Å²) >= 11 is 0. The molecule has 0 spiro atoms. The van der Waals surface area contributed by atoms with Crippen LogP contribution in [0.25, 0.3) is 0 Å². The molecule has 0 aliphatic carbocycles. The number of rotatable bonds is 2. The fourth-order valence-electron chi connectivity index (χ4n) is 0.667. The van der Waals surface area contributed by atoms with Crippen molar-refractivity contribution in [3.8, 4) is 0 Å². The fraction of sp³-hybridized carbons (Fsp3) is 1.00. The largest absolute Gasteiger partial charge is 2.00 e. The summed E-state index contributed by atoms with van der Waals surface area (Å²) in [6.07, 6.45) is 0. The van der Waals surface area contributed by atoms with Crippen molar-refractivity contribution in [3.63, 3.8) is 0 Å². The standard InChI is InChI=1S/C6H15N.H2O4S.Pt/c1-5(2)7-6(3)4;1-5(2,3)4;/h5-7H,1-4H3;(H2,1,2,3,4);/q;;+2/p-2. The topological polar surface area (TPSA) is 92.3 Å². The molecule has 0 heterocycles. The molecule has 0 atom stereocenters. The quantitative estimate of drug-likeness (QED) is 0.530. The predicted molar refractivity (Wildman–Crippen MR) is 43.9 cm³/mol. The fourth-order valence-corrected chi connectivity index (χ4v) is 0.667. The molecule has 0 fully saturated rings. The van der Waals surface area contributed by atoms with E-state index in [9.17, 15) is 0 Å². The van der Waals surface area contributed by atoms with E-state index in [1.54, 1.807) is 0 Å². The predicted octanol–water partition coefficient (Wildman–Crippen LogP) is 0.0523. The van der Waals surface area contributed by atoms with Crippen LogP contribution in [0, 0.1) is 0 Å². The minimum atomic E-state index is -5.17. The SMILES string of the molecule is CC(C)NC(C)C.O=S(=O)([O-])[O-].[Pt+2]. The van der Waals surface area contributed by atoms with Gasteiger partial charge in [0, 0.05) is 22.5 Å². The first-order valence-electron chi connectivity index (χ1n) is 3.55. The van der Waals surface area contributed by atoms with E-state index in [-0.39, 0.29) is 21.1 Å². The summed E-state index contributed by atoms with van der Waals surface area (Å²) in [5, 5.41) is 3.31. The maximum atomic E-state index is 8.52. The minimum absolute atomic E-state index is 0. The van der Waals surface area contributed by atoms with Crippen molar-refractivity contribution in [2.45, 2.75) is 39.8 Å². The van der Waals surface area contributed by atoms with Crippen LogP contribution in [0.3, 0.4) is 0 Å². The third-order valence-corrected chi connectivity index (χ3v) is 0.667. The van der Waals surface area contributed by atoms with E-state index in [2.05, 4.69) is 33.0 Å². The van der Waals surface area contributed by atoms with E-state index in [4.69, 9.17) is 17.5 Å². The average molecular weight is 392 g/mol. The Morgan fingerprint density at radius 3 is 1.15 bits per heavy atom. The third kappa shape index (κ3) is 67.8. The van der Waals surface area contributed by atoms with E-state index in [1.165, 1.54) is 0 Å². The second-order valence-corrected chi connectivity index (χ2v) is 3.70. The van der Waals surface area contributed by atoms with Gasteiger partial charge in [-0.1, -0.05) is 27.7 Å². The monoisotopic (exact) mass is 392 g/mol. The second kappa shape index (κ2) is 9.09. The first-order valence-corrected chi connectivity index (χ1v) is 4.89. The summed E-state index contributed by atoms with van der Waals surface area (Å²) in [6.45, 7) is 8.61. The Morgan fingerprint density at radius 2 is 1.15 bits per heavy atom. The number of hydrogen-bond donors (Lipinski definition) is 1. The van der Waals surface area contributed by atoms with Gasteiger partial charge in [0.1, 0.15) is 0 Å². The molecule has 0 unspecified atom stereocenters. The van der Waals surface area contributed by atoms with E-state index in [0.29, 0.717) is 12.1 Å². The molecule has 0 rings (SSSR count). The van der Waals surface area contributed by atoms with Crippen LogP contribution < -0.4 is 5.32 Å². The van der Waals surface area contributed by atoms with Gasteiger partial charge < -0.3 is 14.4 Å². The van der Waals surface area contributed by atoms with Gasteiger partial charge in [-0.2, -0.15) is 0 Å². The van der Waals surface area contributed by atoms with Crippen molar-refractivity contribution in [1.82, 2.24) is 5.32 Å². The Balaban J connectivity index is -0.000000150. The Bertz CT molecular complexity index is 177. The molecule has 0 aromatic rings. The molecule has 1 N–H and O–H groups in total. The molecule has 0 saturated carbocycles. The van der Waals surface area contributed by atoms with Gasteiger partial charge in [-0.25, -0.2) is 0 Å². The molecule has 0 radical (unpaired) electrons. The first-order chi connectivity index (χ1) is 5.13. The Labute approximate surface area is 94.1 Å². The van der Waals surface area contributed by atoms with Gasteiger partial charge in [0.25, 0.3) is 0 Å². The Hall–Kier alpha value is 0.518. The van der Waals surface area contributed by atoms with Crippen LogP contribution in [0.4, 0.5) is 0 Å². The number of nitrogens with one attached hydrogen (secondary N) is 1. The summed E-state index contributed by atoms with van der Waals surface area (Å²) in [6, 6.07) is 1.25. The van der Waals surface area contributed by atoms with Gasteiger partial charge in [-0.05, 0) is 0 Å². The molecule has 0 aromatic carbocycles. The molecule has 0 aromatic heterocycles. The minimum Gasteiger partial charge on any atom is -0.759 e. The molecule has 84 valence electrons. The molecular formula is C6H15NO4PtS. The van der Waals surface area contributed by atoms with Crippen molar-refractivity contribution >= 4 is 10.4 Å². The molecular weight excluding hydrogens is 377 g/mol. The van der Waals surface area contributed by atoms with Crippen molar-refractivity contribution < 1.29 is 38.6 Å². The molecule has 7 heteroatoms. The van der Waals surface area contributed by atoms with Crippen molar-refractivity contribution in [2.75, 3.05) is 0 Å². The number of hydrogen-bond acceptors (Lipinski definition) is 5. The summed E-state index contributed by atoms with van der Waals surface area (Å²) in [5.74, 6) is 0. The molecule has 0 aliphatic heterocycles. The van der Waals surface area contributed by atoms with Crippen LogP contribution in [-0.2, 0) is 31.5 Å². The summed E-state index contributed by atoms with van der Waals surface area (Å²) in [5.41, 5.74) is 0. The third-order valence-electron chi connectivity index (χ3n) is 0.667. The molecule has 13 heavy (non-hydrogen) atoms. The van der Waals surface area contributed by atoms with Crippen LogP contribution in [-0.4, -0.2) is 29.6 Å². The van der Waals surface area contributed by atoms with Crippen LogP contribution in [0.5, 0.6) is 0 Å². The Morgan fingerprint density at radius 1 is 1.00 bits per heavy atom. The van der Waals surface area contributed by atoms with E-state index in [1.807, 2.05) is 0 Å². The van der Waals surface area contributed by atoms with E-state index < -0.39 is 10.4 Å². The average Bonchev–Trinajstić information content (AvgIpc) is 1.52. The smallest absolute Gasteiger partial charge is 0.759 e. The molecule has 5 nitrogen and oxygen atoms in total. The zero-order valence-electron chi connectivity index (χ0n) is 8.01. The Kier molecular flexibility index (Phi) is 13.4. The van der Waals surface area contributed by atoms with E-state index >= 15 is 0 Å². The van der Waals surface area contributed by atoms with Crippen LogP contribution in [0.1, 0.15) is 27.7 Å². The normalized spacial score (nSPS) is 10.5. The van der Waals surface area contributed by atoms with Gasteiger partial charge >= 0.3 is 21.1 Å². The van der Waals surface area contributed by atoms with Gasteiger partial charge in [-0.15, -0.1) is 0 Å². The summed E-state index contributed by atoms with van der Waals surface area (Å²) in [7, 11) is -5.17. The molecule has 0 bridgehead atoms. The maximum Gasteiger partial charge on any atom is 2.00 e. The zero-order chi connectivity index (χ0) is 10.4. The second-order valence-electron chi connectivity index (χ2n) is 2.88. The van der Waals surface area contributed by atoms with Crippen LogP contribution >= 0.6 is 0 Å². The van der Waals surface area contributed by atoms with E-state index in [0.717, 1.165) is 0 Å². The molecule has 0 amide bonds. The summed E-state index contributed by atoms with van der Waals surface area (Å²) in [4.78, 5) is 0. The zero-order valence-corrected chi connectivity index (χ0v) is 11.1.